The molecule has 0 bridgehead atoms. The molecule has 0 aromatic carbocycles. The fourth-order valence-electron chi connectivity index (χ4n) is 1.10. The highest BCUT2D eigenvalue weighted by molar-refractivity contribution is 5.80. The Morgan fingerprint density at radius 2 is 1.50 bits per heavy atom. The molecule has 4 nitrogen and oxygen atoms in total. The maximum Gasteiger partial charge on any atom is 0.381 e. The van der Waals surface area contributed by atoms with Crippen molar-refractivity contribution >= 4 is 11.9 Å². The molecule has 0 spiro atoms. The molecule has 0 heterocycles. The SMILES string of the molecule is CC(C)C(C)(OC(=O)C(C)(C)C)C(F)(F)C(=O)O. The molecule has 0 amide bonds. The summed E-state index contributed by atoms with van der Waals surface area (Å²) in [7, 11) is 0. The summed E-state index contributed by atoms with van der Waals surface area (Å²) in [6.45, 7) is 8.23. The number of halogens is 2. The molecule has 0 saturated heterocycles. The molecule has 18 heavy (non-hydrogen) atoms. The van der Waals surface area contributed by atoms with Crippen LogP contribution in [-0.4, -0.2) is 28.6 Å². The lowest BCUT2D eigenvalue weighted by molar-refractivity contribution is -0.233. The van der Waals surface area contributed by atoms with Crippen LogP contribution in [0.4, 0.5) is 8.78 Å². The van der Waals surface area contributed by atoms with Gasteiger partial charge in [-0.05, 0) is 33.6 Å². The second kappa shape index (κ2) is 4.82. The Bertz CT molecular complexity index is 344. The van der Waals surface area contributed by atoms with Gasteiger partial charge < -0.3 is 9.84 Å². The Morgan fingerprint density at radius 1 is 1.11 bits per heavy atom. The van der Waals surface area contributed by atoms with E-state index in [0.29, 0.717) is 0 Å². The topological polar surface area (TPSA) is 63.6 Å². The number of alkyl halides is 2. The summed E-state index contributed by atoms with van der Waals surface area (Å²) in [6.07, 6.45) is 0. The van der Waals surface area contributed by atoms with Crippen LogP contribution in [0.25, 0.3) is 0 Å². The molecular weight excluding hydrogens is 246 g/mol. The Hall–Kier alpha value is -1.20. The third kappa shape index (κ3) is 2.97. The van der Waals surface area contributed by atoms with Crippen molar-refractivity contribution < 1.29 is 28.2 Å². The van der Waals surface area contributed by atoms with Crippen LogP contribution in [0.1, 0.15) is 41.5 Å². The highest BCUT2D eigenvalue weighted by Crippen LogP contribution is 2.39. The van der Waals surface area contributed by atoms with Gasteiger partial charge in [-0.25, -0.2) is 4.79 Å². The molecule has 0 saturated carbocycles. The van der Waals surface area contributed by atoms with Crippen LogP contribution in [0, 0.1) is 11.3 Å². The van der Waals surface area contributed by atoms with Gasteiger partial charge in [0, 0.05) is 0 Å². The number of hydrogen-bond donors (Lipinski definition) is 1. The number of carboxylic acid groups (broad SMARTS) is 1. The van der Waals surface area contributed by atoms with Crippen LogP contribution in [-0.2, 0) is 14.3 Å². The third-order valence-electron chi connectivity index (χ3n) is 2.91. The van der Waals surface area contributed by atoms with E-state index in [-0.39, 0.29) is 0 Å². The van der Waals surface area contributed by atoms with E-state index in [2.05, 4.69) is 0 Å². The molecule has 1 N–H and O–H groups in total. The lowest BCUT2D eigenvalue weighted by atomic mass is 9.84. The molecule has 0 aromatic rings. The van der Waals surface area contributed by atoms with E-state index in [4.69, 9.17) is 9.84 Å². The first kappa shape index (κ1) is 16.8. The van der Waals surface area contributed by atoms with Gasteiger partial charge in [0.15, 0.2) is 5.60 Å². The summed E-state index contributed by atoms with van der Waals surface area (Å²) in [5.41, 5.74) is -3.37. The summed E-state index contributed by atoms with van der Waals surface area (Å²) in [5.74, 6) is -8.17. The van der Waals surface area contributed by atoms with Crippen LogP contribution in [0.3, 0.4) is 0 Å². The Balaban J connectivity index is 5.45. The molecule has 106 valence electrons. The van der Waals surface area contributed by atoms with Gasteiger partial charge in [0.1, 0.15) is 0 Å². The van der Waals surface area contributed by atoms with E-state index in [1.165, 1.54) is 34.6 Å². The molecule has 0 rings (SSSR count). The van der Waals surface area contributed by atoms with E-state index in [0.717, 1.165) is 6.92 Å². The maximum atomic E-state index is 13.7. The molecule has 0 aliphatic carbocycles. The Labute approximate surface area is 105 Å². The predicted molar refractivity (Wildman–Crippen MR) is 61.4 cm³/mol. The zero-order chi connectivity index (χ0) is 14.9. The fourth-order valence-corrected chi connectivity index (χ4v) is 1.10. The van der Waals surface area contributed by atoms with E-state index < -0.39 is 34.8 Å². The van der Waals surface area contributed by atoms with Gasteiger partial charge in [0.05, 0.1) is 5.41 Å². The molecule has 1 unspecified atom stereocenters. The number of carbonyl (C=O) groups is 2. The van der Waals surface area contributed by atoms with Gasteiger partial charge in [-0.15, -0.1) is 0 Å². The second-order valence-electron chi connectivity index (χ2n) is 5.78. The fraction of sp³-hybridized carbons (Fsp3) is 0.833. The standard InChI is InChI=1S/C12H20F2O4/c1-7(2)11(6,12(13,14)8(15)16)18-9(17)10(3,4)5/h7H,1-6H3,(H,15,16). The smallest absolute Gasteiger partial charge is 0.381 e. The Morgan fingerprint density at radius 3 is 1.72 bits per heavy atom. The molecule has 1 atom stereocenters. The number of rotatable bonds is 4. The molecular formula is C12H20F2O4. The summed E-state index contributed by atoms with van der Waals surface area (Å²) < 4.78 is 32.3. The summed E-state index contributed by atoms with van der Waals surface area (Å²) >= 11 is 0. The minimum Gasteiger partial charge on any atom is -0.477 e. The van der Waals surface area contributed by atoms with Crippen molar-refractivity contribution in [3.63, 3.8) is 0 Å². The van der Waals surface area contributed by atoms with Gasteiger partial charge in [0.25, 0.3) is 0 Å². The van der Waals surface area contributed by atoms with Crippen LogP contribution in [0.15, 0.2) is 0 Å². The van der Waals surface area contributed by atoms with Gasteiger partial charge in [-0.3, -0.25) is 4.79 Å². The highest BCUT2D eigenvalue weighted by atomic mass is 19.3. The van der Waals surface area contributed by atoms with Crippen LogP contribution in [0.5, 0.6) is 0 Å². The summed E-state index contributed by atoms with van der Waals surface area (Å²) in [5, 5.41) is 8.60. The van der Waals surface area contributed by atoms with Crippen LogP contribution >= 0.6 is 0 Å². The zero-order valence-corrected chi connectivity index (χ0v) is 11.5. The average molecular weight is 266 g/mol. The summed E-state index contributed by atoms with van der Waals surface area (Å²) in [6, 6.07) is 0. The monoisotopic (exact) mass is 266 g/mol. The van der Waals surface area contributed by atoms with E-state index in [1.807, 2.05) is 0 Å². The first-order valence-electron chi connectivity index (χ1n) is 5.61. The Kier molecular flexibility index (Phi) is 4.50. The first-order chi connectivity index (χ1) is 7.76. The van der Waals surface area contributed by atoms with Crippen LogP contribution in [0.2, 0.25) is 0 Å². The van der Waals surface area contributed by atoms with Crippen molar-refractivity contribution in [1.29, 1.82) is 0 Å². The van der Waals surface area contributed by atoms with Crippen molar-refractivity contribution in [2.45, 2.75) is 53.1 Å². The molecule has 6 heteroatoms. The normalized spacial score (nSPS) is 16.3. The highest BCUT2D eigenvalue weighted by Gasteiger charge is 2.61. The van der Waals surface area contributed by atoms with Gasteiger partial charge in [-0.1, -0.05) is 13.8 Å². The van der Waals surface area contributed by atoms with E-state index >= 15 is 0 Å². The second-order valence-corrected chi connectivity index (χ2v) is 5.78. The van der Waals surface area contributed by atoms with Crippen molar-refractivity contribution in [3.05, 3.63) is 0 Å². The van der Waals surface area contributed by atoms with Gasteiger partial charge in [0.2, 0.25) is 0 Å². The maximum absolute atomic E-state index is 13.7. The van der Waals surface area contributed by atoms with Crippen LogP contribution < -0.4 is 0 Å². The van der Waals surface area contributed by atoms with E-state index in [1.54, 1.807) is 0 Å². The minimum atomic E-state index is -4.15. The number of aliphatic carboxylic acids is 1. The summed E-state index contributed by atoms with van der Waals surface area (Å²) in [4.78, 5) is 22.4. The van der Waals surface area contributed by atoms with E-state index in [9.17, 15) is 18.4 Å². The predicted octanol–water partition coefficient (Wildman–Crippen LogP) is 2.71. The first-order valence-corrected chi connectivity index (χ1v) is 5.61. The van der Waals surface area contributed by atoms with Crippen molar-refractivity contribution in [3.8, 4) is 0 Å². The molecule has 0 aliphatic heterocycles. The van der Waals surface area contributed by atoms with Crippen molar-refractivity contribution in [1.82, 2.24) is 0 Å². The van der Waals surface area contributed by atoms with Crippen molar-refractivity contribution in [2.75, 3.05) is 0 Å². The number of carbonyl (C=O) groups excluding carboxylic acids is 1. The lowest BCUT2D eigenvalue weighted by Gasteiger charge is -2.39. The number of carboxylic acids is 1. The number of ether oxygens (including phenoxy) is 1. The zero-order valence-electron chi connectivity index (χ0n) is 11.5. The quantitative estimate of drug-likeness (QED) is 0.795. The molecule has 0 aromatic heterocycles. The van der Waals surface area contributed by atoms with Gasteiger partial charge in [-0.2, -0.15) is 8.78 Å². The van der Waals surface area contributed by atoms with Gasteiger partial charge >= 0.3 is 17.9 Å². The number of hydrogen-bond acceptors (Lipinski definition) is 3. The van der Waals surface area contributed by atoms with Crippen molar-refractivity contribution in [2.24, 2.45) is 11.3 Å². The molecule has 0 aliphatic rings. The minimum absolute atomic E-state index is 0.852. The lowest BCUT2D eigenvalue weighted by Crippen LogP contribution is -2.58. The largest absolute Gasteiger partial charge is 0.477 e. The molecule has 0 fully saturated rings. The average Bonchev–Trinajstić information content (AvgIpc) is 2.14. The number of esters is 1. The molecule has 0 radical (unpaired) electrons. The third-order valence-corrected chi connectivity index (χ3v) is 2.91.